The van der Waals surface area contributed by atoms with Crippen LogP contribution in [0.5, 0.6) is 0 Å². The van der Waals surface area contributed by atoms with Gasteiger partial charge in [-0.2, -0.15) is 0 Å². The molecule has 0 saturated carbocycles. The Labute approximate surface area is 160 Å². The van der Waals surface area contributed by atoms with Gasteiger partial charge in [0.05, 0.1) is 6.04 Å². The molecule has 140 valence electrons. The maximum atomic E-state index is 12.8. The van der Waals surface area contributed by atoms with Gasteiger partial charge in [-0.1, -0.05) is 48.5 Å². The fourth-order valence-electron chi connectivity index (χ4n) is 4.36. The predicted molar refractivity (Wildman–Crippen MR) is 106 cm³/mol. The molecular formula is C23H26N2O2. The van der Waals surface area contributed by atoms with Crippen LogP contribution >= 0.6 is 0 Å². The van der Waals surface area contributed by atoms with E-state index in [1.54, 1.807) is 0 Å². The van der Waals surface area contributed by atoms with Crippen LogP contribution in [0, 0.1) is 6.92 Å². The summed E-state index contributed by atoms with van der Waals surface area (Å²) in [4.78, 5) is 29.7. The van der Waals surface area contributed by atoms with Gasteiger partial charge < -0.3 is 4.90 Å². The quantitative estimate of drug-likeness (QED) is 0.783. The van der Waals surface area contributed by atoms with E-state index in [9.17, 15) is 9.59 Å². The number of Topliss-reactive ketones (excluding diaryl/α,β-unsaturated/α-hetero) is 1. The zero-order chi connectivity index (χ0) is 18.8. The molecule has 1 amide bonds. The third kappa shape index (κ3) is 3.67. The van der Waals surface area contributed by atoms with Gasteiger partial charge in [0, 0.05) is 44.6 Å². The molecule has 1 atom stereocenters. The van der Waals surface area contributed by atoms with Gasteiger partial charge in [-0.05, 0) is 30.0 Å². The minimum absolute atomic E-state index is 0.0584. The second-order valence-corrected chi connectivity index (χ2v) is 7.58. The van der Waals surface area contributed by atoms with Crippen molar-refractivity contribution in [3.8, 4) is 0 Å². The second kappa shape index (κ2) is 7.65. The van der Waals surface area contributed by atoms with Crippen molar-refractivity contribution in [3.05, 3.63) is 70.8 Å². The smallest absolute Gasteiger partial charge is 0.223 e. The van der Waals surface area contributed by atoms with Crippen molar-refractivity contribution < 1.29 is 9.59 Å². The van der Waals surface area contributed by atoms with Crippen LogP contribution in [-0.2, 0) is 11.2 Å². The van der Waals surface area contributed by atoms with Gasteiger partial charge in [0.25, 0.3) is 0 Å². The van der Waals surface area contributed by atoms with Gasteiger partial charge in [-0.25, -0.2) is 0 Å². The normalized spacial score (nSPS) is 19.3. The standard InChI is InChI=1S/C23H26N2O2/c1-17-6-2-4-8-19(17)22(26)10-11-23(27)25-15-14-24-13-12-18-7-3-5-9-20(18)21(24)16-25/h2-9,21H,10-16H2,1H3. The van der Waals surface area contributed by atoms with Crippen molar-refractivity contribution in [2.24, 2.45) is 0 Å². The molecule has 4 heteroatoms. The SMILES string of the molecule is Cc1ccccc1C(=O)CCC(=O)N1CCN2CCc3ccccc3C2C1. The number of hydrogen-bond donors (Lipinski definition) is 0. The minimum Gasteiger partial charge on any atom is -0.339 e. The van der Waals surface area contributed by atoms with Gasteiger partial charge in [0.15, 0.2) is 5.78 Å². The molecule has 2 aromatic carbocycles. The van der Waals surface area contributed by atoms with Crippen LogP contribution in [0.2, 0.25) is 0 Å². The molecule has 1 fully saturated rings. The summed E-state index contributed by atoms with van der Waals surface area (Å²) in [5, 5.41) is 0. The summed E-state index contributed by atoms with van der Waals surface area (Å²) < 4.78 is 0. The average Bonchev–Trinajstić information content (AvgIpc) is 2.71. The Morgan fingerprint density at radius 2 is 1.74 bits per heavy atom. The van der Waals surface area contributed by atoms with Gasteiger partial charge in [0.2, 0.25) is 5.91 Å². The van der Waals surface area contributed by atoms with Crippen molar-refractivity contribution in [1.82, 2.24) is 9.80 Å². The van der Waals surface area contributed by atoms with Gasteiger partial charge >= 0.3 is 0 Å². The number of amides is 1. The Morgan fingerprint density at radius 3 is 2.59 bits per heavy atom. The zero-order valence-electron chi connectivity index (χ0n) is 15.9. The summed E-state index contributed by atoms with van der Waals surface area (Å²) in [6.45, 7) is 5.41. The Hall–Kier alpha value is -2.46. The van der Waals surface area contributed by atoms with E-state index in [1.165, 1.54) is 11.1 Å². The topological polar surface area (TPSA) is 40.6 Å². The first-order valence-electron chi connectivity index (χ1n) is 9.82. The number of hydrogen-bond acceptors (Lipinski definition) is 3. The van der Waals surface area contributed by atoms with Crippen molar-refractivity contribution >= 4 is 11.7 Å². The molecule has 2 aromatic rings. The highest BCUT2D eigenvalue weighted by atomic mass is 16.2. The fourth-order valence-corrected chi connectivity index (χ4v) is 4.36. The maximum Gasteiger partial charge on any atom is 0.223 e. The lowest BCUT2D eigenvalue weighted by Crippen LogP contribution is -2.52. The lowest BCUT2D eigenvalue weighted by molar-refractivity contribution is -0.134. The third-order valence-corrected chi connectivity index (χ3v) is 5.94. The predicted octanol–water partition coefficient (Wildman–Crippen LogP) is 3.40. The number of carbonyl (C=O) groups is 2. The van der Waals surface area contributed by atoms with Crippen LogP contribution in [0.15, 0.2) is 48.5 Å². The van der Waals surface area contributed by atoms with Crippen molar-refractivity contribution in [2.45, 2.75) is 32.2 Å². The highest BCUT2D eigenvalue weighted by Crippen LogP contribution is 2.32. The lowest BCUT2D eigenvalue weighted by Gasteiger charge is -2.45. The summed E-state index contributed by atoms with van der Waals surface area (Å²) in [5.74, 6) is 0.155. The zero-order valence-corrected chi connectivity index (χ0v) is 15.9. The van der Waals surface area contributed by atoms with Gasteiger partial charge in [0.1, 0.15) is 0 Å². The molecule has 0 aliphatic carbocycles. The van der Waals surface area contributed by atoms with E-state index in [0.717, 1.165) is 43.7 Å². The Bertz CT molecular complexity index is 861. The summed E-state index contributed by atoms with van der Waals surface area (Å²) in [5.41, 5.74) is 4.47. The first-order valence-corrected chi connectivity index (χ1v) is 9.82. The van der Waals surface area contributed by atoms with E-state index in [0.29, 0.717) is 12.5 Å². The number of piperazine rings is 1. The lowest BCUT2D eigenvalue weighted by atomic mass is 9.91. The van der Waals surface area contributed by atoms with Crippen molar-refractivity contribution in [1.29, 1.82) is 0 Å². The monoisotopic (exact) mass is 362 g/mol. The molecule has 2 aliphatic heterocycles. The Kier molecular flexibility index (Phi) is 5.08. The van der Waals surface area contributed by atoms with E-state index >= 15 is 0 Å². The van der Waals surface area contributed by atoms with Gasteiger partial charge in [-0.3, -0.25) is 14.5 Å². The molecule has 0 spiro atoms. The van der Waals surface area contributed by atoms with E-state index < -0.39 is 0 Å². The van der Waals surface area contributed by atoms with E-state index in [1.807, 2.05) is 36.1 Å². The van der Waals surface area contributed by atoms with E-state index in [-0.39, 0.29) is 18.1 Å². The number of benzene rings is 2. The number of carbonyl (C=O) groups excluding carboxylic acids is 2. The maximum absolute atomic E-state index is 12.8. The van der Waals surface area contributed by atoms with E-state index in [4.69, 9.17) is 0 Å². The summed E-state index contributed by atoms with van der Waals surface area (Å²) in [6, 6.07) is 16.5. The van der Waals surface area contributed by atoms with E-state index in [2.05, 4.69) is 29.2 Å². The first-order chi connectivity index (χ1) is 13.1. The first kappa shape index (κ1) is 17.9. The van der Waals surface area contributed by atoms with Crippen molar-refractivity contribution in [3.63, 3.8) is 0 Å². The van der Waals surface area contributed by atoms with Crippen LogP contribution < -0.4 is 0 Å². The number of ketones is 1. The Morgan fingerprint density at radius 1 is 0.963 bits per heavy atom. The molecule has 2 aliphatic rings. The number of nitrogens with zero attached hydrogens (tertiary/aromatic N) is 2. The van der Waals surface area contributed by atoms with Gasteiger partial charge in [-0.15, -0.1) is 0 Å². The molecular weight excluding hydrogens is 336 g/mol. The average molecular weight is 362 g/mol. The van der Waals surface area contributed by atoms with Crippen LogP contribution in [0.4, 0.5) is 0 Å². The number of fused-ring (bicyclic) bond motifs is 3. The highest BCUT2D eigenvalue weighted by Gasteiger charge is 2.33. The minimum atomic E-state index is 0.0584. The second-order valence-electron chi connectivity index (χ2n) is 7.58. The molecule has 2 heterocycles. The third-order valence-electron chi connectivity index (χ3n) is 5.94. The molecule has 0 bridgehead atoms. The number of rotatable bonds is 4. The van der Waals surface area contributed by atoms with Crippen LogP contribution in [0.3, 0.4) is 0 Å². The largest absolute Gasteiger partial charge is 0.339 e. The fraction of sp³-hybridized carbons (Fsp3) is 0.391. The molecule has 1 unspecified atom stereocenters. The Balaban J connectivity index is 1.39. The molecule has 27 heavy (non-hydrogen) atoms. The molecule has 1 saturated heterocycles. The van der Waals surface area contributed by atoms with Crippen molar-refractivity contribution in [2.75, 3.05) is 26.2 Å². The molecule has 4 nitrogen and oxygen atoms in total. The molecule has 4 rings (SSSR count). The van der Waals surface area contributed by atoms with Crippen LogP contribution in [-0.4, -0.2) is 47.7 Å². The van der Waals surface area contributed by atoms with Crippen LogP contribution in [0.25, 0.3) is 0 Å². The summed E-state index contributed by atoms with van der Waals surface area (Å²) in [7, 11) is 0. The summed E-state index contributed by atoms with van der Waals surface area (Å²) in [6.07, 6.45) is 1.66. The molecule has 0 N–H and O–H groups in total. The highest BCUT2D eigenvalue weighted by molar-refractivity contribution is 5.99. The van der Waals surface area contributed by atoms with Crippen LogP contribution in [0.1, 0.15) is 45.9 Å². The summed E-state index contributed by atoms with van der Waals surface area (Å²) >= 11 is 0. The number of aryl methyl sites for hydroxylation is 1. The molecule has 0 aromatic heterocycles. The molecule has 0 radical (unpaired) electrons.